The van der Waals surface area contributed by atoms with Crippen molar-refractivity contribution in [1.29, 1.82) is 0 Å². The number of halogens is 1. The van der Waals surface area contributed by atoms with Crippen molar-refractivity contribution in [1.82, 2.24) is 9.97 Å². The number of hydrogen-bond donors (Lipinski definition) is 1. The van der Waals surface area contributed by atoms with Gasteiger partial charge in [0.2, 0.25) is 0 Å². The molecule has 1 aromatic rings. The lowest BCUT2D eigenvalue weighted by Crippen LogP contribution is -2.20. The Hall–Kier alpha value is 0.0600. The molecular formula is C13H20BrN3S2. The molecule has 2 rings (SSSR count). The third-order valence-electron chi connectivity index (χ3n) is 2.92. The highest BCUT2D eigenvalue weighted by Gasteiger charge is 2.26. The Morgan fingerprint density at radius 2 is 2.00 bits per heavy atom. The Balaban J connectivity index is 2.44. The fourth-order valence-electron chi connectivity index (χ4n) is 1.91. The van der Waals surface area contributed by atoms with Crippen molar-refractivity contribution in [2.75, 3.05) is 29.6 Å². The first kappa shape index (κ1) is 15.4. The monoisotopic (exact) mass is 361 g/mol. The standard InChI is InChI=1S/C13H20BrN3S2/c1-13(2,3)10-9(14)12(15-4)17-11(16-10)8-7-18-5-6-19-8/h8H,5-7H2,1-4H3,(H,15,16,17). The van der Waals surface area contributed by atoms with Crippen LogP contribution in [0.2, 0.25) is 0 Å². The molecule has 0 aromatic carbocycles. The molecular weight excluding hydrogens is 342 g/mol. The highest BCUT2D eigenvalue weighted by Crippen LogP contribution is 2.39. The Morgan fingerprint density at radius 3 is 2.53 bits per heavy atom. The van der Waals surface area contributed by atoms with E-state index >= 15 is 0 Å². The number of anilines is 1. The predicted octanol–water partition coefficient (Wildman–Crippen LogP) is 4.10. The summed E-state index contributed by atoms with van der Waals surface area (Å²) < 4.78 is 0.986. The predicted molar refractivity (Wildman–Crippen MR) is 90.5 cm³/mol. The maximum absolute atomic E-state index is 4.84. The Bertz CT molecular complexity index is 454. The van der Waals surface area contributed by atoms with Gasteiger partial charge in [0, 0.05) is 29.7 Å². The van der Waals surface area contributed by atoms with Crippen LogP contribution in [0.25, 0.3) is 0 Å². The summed E-state index contributed by atoms with van der Waals surface area (Å²) in [6.07, 6.45) is 0. The number of nitrogens with zero attached hydrogens (tertiary/aromatic N) is 2. The van der Waals surface area contributed by atoms with Crippen LogP contribution in [0.3, 0.4) is 0 Å². The topological polar surface area (TPSA) is 37.8 Å². The van der Waals surface area contributed by atoms with Gasteiger partial charge in [0.1, 0.15) is 11.6 Å². The van der Waals surface area contributed by atoms with Gasteiger partial charge in [-0.05, 0) is 15.9 Å². The molecule has 19 heavy (non-hydrogen) atoms. The fraction of sp³-hybridized carbons (Fsp3) is 0.692. The number of rotatable bonds is 2. The molecule has 0 bridgehead atoms. The zero-order valence-corrected chi connectivity index (χ0v) is 15.0. The lowest BCUT2D eigenvalue weighted by molar-refractivity contribution is 0.559. The van der Waals surface area contributed by atoms with Crippen LogP contribution in [0.1, 0.15) is 37.5 Å². The van der Waals surface area contributed by atoms with Crippen LogP contribution in [0.5, 0.6) is 0 Å². The highest BCUT2D eigenvalue weighted by atomic mass is 79.9. The van der Waals surface area contributed by atoms with Gasteiger partial charge < -0.3 is 5.32 Å². The van der Waals surface area contributed by atoms with E-state index in [0.717, 1.165) is 27.6 Å². The largest absolute Gasteiger partial charge is 0.372 e. The van der Waals surface area contributed by atoms with Gasteiger partial charge in [0.05, 0.1) is 15.4 Å². The minimum Gasteiger partial charge on any atom is -0.372 e. The second kappa shape index (κ2) is 6.22. The average molecular weight is 362 g/mol. The van der Waals surface area contributed by atoms with Gasteiger partial charge in [-0.2, -0.15) is 11.8 Å². The molecule has 1 aromatic heterocycles. The Morgan fingerprint density at radius 1 is 1.26 bits per heavy atom. The summed E-state index contributed by atoms with van der Waals surface area (Å²) in [4.78, 5) is 9.53. The van der Waals surface area contributed by atoms with Crippen molar-refractivity contribution in [3.8, 4) is 0 Å². The fourth-order valence-corrected chi connectivity index (χ4v) is 5.48. The van der Waals surface area contributed by atoms with Crippen molar-refractivity contribution in [3.05, 3.63) is 16.0 Å². The first-order chi connectivity index (χ1) is 8.93. The highest BCUT2D eigenvalue weighted by molar-refractivity contribution is 9.10. The summed E-state index contributed by atoms with van der Waals surface area (Å²) in [5, 5.41) is 3.59. The first-order valence-electron chi connectivity index (χ1n) is 6.38. The minimum atomic E-state index is 0.00853. The zero-order chi connectivity index (χ0) is 14.0. The number of aromatic nitrogens is 2. The molecule has 0 radical (unpaired) electrons. The number of hydrogen-bond acceptors (Lipinski definition) is 5. The lowest BCUT2D eigenvalue weighted by Gasteiger charge is -2.25. The van der Waals surface area contributed by atoms with Crippen molar-refractivity contribution < 1.29 is 0 Å². The molecule has 1 aliphatic heterocycles. The normalized spacial score (nSPS) is 20.4. The quantitative estimate of drug-likeness (QED) is 0.857. The molecule has 0 saturated carbocycles. The summed E-state index contributed by atoms with van der Waals surface area (Å²) in [7, 11) is 1.91. The molecule has 1 N–H and O–H groups in total. The zero-order valence-electron chi connectivity index (χ0n) is 11.8. The van der Waals surface area contributed by atoms with Crippen LogP contribution in [0.15, 0.2) is 4.47 Å². The third-order valence-corrected chi connectivity index (χ3v) is 6.42. The second-order valence-electron chi connectivity index (χ2n) is 5.53. The molecule has 106 valence electrons. The Kier molecular flexibility index (Phi) is 5.06. The lowest BCUT2D eigenvalue weighted by atomic mass is 9.92. The van der Waals surface area contributed by atoms with Gasteiger partial charge >= 0.3 is 0 Å². The van der Waals surface area contributed by atoms with Crippen LogP contribution in [0.4, 0.5) is 5.82 Å². The van der Waals surface area contributed by atoms with Crippen LogP contribution in [-0.4, -0.2) is 34.3 Å². The molecule has 0 amide bonds. The van der Waals surface area contributed by atoms with Crippen molar-refractivity contribution in [3.63, 3.8) is 0 Å². The minimum absolute atomic E-state index is 0.00853. The smallest absolute Gasteiger partial charge is 0.144 e. The molecule has 3 nitrogen and oxygen atoms in total. The molecule has 1 aliphatic rings. The second-order valence-corrected chi connectivity index (χ2v) is 8.78. The van der Waals surface area contributed by atoms with E-state index < -0.39 is 0 Å². The maximum Gasteiger partial charge on any atom is 0.144 e. The van der Waals surface area contributed by atoms with Crippen molar-refractivity contribution in [2.24, 2.45) is 0 Å². The first-order valence-corrected chi connectivity index (χ1v) is 9.38. The van der Waals surface area contributed by atoms with Crippen LogP contribution < -0.4 is 5.32 Å². The van der Waals surface area contributed by atoms with Crippen LogP contribution >= 0.6 is 39.5 Å². The molecule has 1 unspecified atom stereocenters. The summed E-state index contributed by atoms with van der Waals surface area (Å²) >= 11 is 7.60. The van der Waals surface area contributed by atoms with E-state index in [-0.39, 0.29) is 5.41 Å². The third kappa shape index (κ3) is 3.58. The van der Waals surface area contributed by atoms with E-state index in [1.165, 1.54) is 11.5 Å². The van der Waals surface area contributed by atoms with Gasteiger partial charge in [0.15, 0.2) is 0 Å². The van der Waals surface area contributed by atoms with Gasteiger partial charge in [-0.15, -0.1) is 11.8 Å². The molecule has 1 fully saturated rings. The summed E-state index contributed by atoms with van der Waals surface area (Å²) in [5.41, 5.74) is 1.09. The number of nitrogens with one attached hydrogen (secondary N) is 1. The van der Waals surface area contributed by atoms with E-state index in [2.05, 4.69) is 47.0 Å². The molecule has 1 saturated heterocycles. The van der Waals surface area contributed by atoms with Gasteiger partial charge in [0.25, 0.3) is 0 Å². The molecule has 6 heteroatoms. The van der Waals surface area contributed by atoms with Crippen molar-refractivity contribution >= 4 is 45.3 Å². The van der Waals surface area contributed by atoms with E-state index in [1.54, 1.807) is 0 Å². The van der Waals surface area contributed by atoms with Gasteiger partial charge in [-0.1, -0.05) is 20.8 Å². The summed E-state index contributed by atoms with van der Waals surface area (Å²) in [6.45, 7) is 6.56. The van der Waals surface area contributed by atoms with E-state index in [0.29, 0.717) is 5.25 Å². The molecule has 0 spiro atoms. The number of thioether (sulfide) groups is 2. The SMILES string of the molecule is CNc1nc(C2CSCCS2)nc(C(C)(C)C)c1Br. The van der Waals surface area contributed by atoms with Crippen molar-refractivity contribution in [2.45, 2.75) is 31.4 Å². The Labute approximate surface area is 132 Å². The summed E-state index contributed by atoms with van der Waals surface area (Å²) in [6, 6.07) is 0. The molecule has 2 heterocycles. The molecule has 0 aliphatic carbocycles. The van der Waals surface area contributed by atoms with E-state index in [9.17, 15) is 0 Å². The van der Waals surface area contributed by atoms with Gasteiger partial charge in [-0.25, -0.2) is 9.97 Å². The summed E-state index contributed by atoms with van der Waals surface area (Å²) in [5.74, 6) is 5.40. The van der Waals surface area contributed by atoms with Crippen LogP contribution in [-0.2, 0) is 5.41 Å². The van der Waals surface area contributed by atoms with Crippen LogP contribution in [0, 0.1) is 0 Å². The van der Waals surface area contributed by atoms with Gasteiger partial charge in [-0.3, -0.25) is 0 Å². The van der Waals surface area contributed by atoms with E-state index in [1.807, 2.05) is 30.6 Å². The van der Waals surface area contributed by atoms with E-state index in [4.69, 9.17) is 4.98 Å². The molecule has 1 atom stereocenters. The maximum atomic E-state index is 4.84. The average Bonchev–Trinajstić information content (AvgIpc) is 2.38.